The predicted octanol–water partition coefficient (Wildman–Crippen LogP) is 2.19. The van der Waals surface area contributed by atoms with Gasteiger partial charge in [-0.05, 0) is 42.8 Å². The van der Waals surface area contributed by atoms with Gasteiger partial charge in [0.25, 0.3) is 5.56 Å². The molecule has 10 nitrogen and oxygen atoms in total. The Labute approximate surface area is 188 Å². The molecule has 0 aliphatic rings. The number of carbonyl (C=O) groups is 2. The largest absolute Gasteiger partial charge is 0.497 e. The summed E-state index contributed by atoms with van der Waals surface area (Å²) < 4.78 is 7.75. The zero-order chi connectivity index (χ0) is 23.4. The lowest BCUT2D eigenvalue weighted by atomic mass is 10.1. The van der Waals surface area contributed by atoms with Gasteiger partial charge in [-0.2, -0.15) is 5.10 Å². The first kappa shape index (κ1) is 21.8. The van der Waals surface area contributed by atoms with Gasteiger partial charge in [0.2, 0.25) is 11.8 Å². The van der Waals surface area contributed by atoms with Crippen molar-refractivity contribution in [1.82, 2.24) is 19.3 Å². The van der Waals surface area contributed by atoms with Gasteiger partial charge < -0.3 is 15.4 Å². The van der Waals surface area contributed by atoms with Gasteiger partial charge >= 0.3 is 0 Å². The number of amides is 2. The van der Waals surface area contributed by atoms with Crippen molar-refractivity contribution in [1.29, 1.82) is 0 Å². The van der Waals surface area contributed by atoms with E-state index in [9.17, 15) is 14.4 Å². The van der Waals surface area contributed by atoms with Crippen LogP contribution in [0.2, 0.25) is 0 Å². The number of anilines is 2. The number of nitrogens with zero attached hydrogens (tertiary/aromatic N) is 4. The number of hydrogen-bond acceptors (Lipinski definition) is 6. The van der Waals surface area contributed by atoms with E-state index in [4.69, 9.17) is 4.74 Å². The van der Waals surface area contributed by atoms with E-state index >= 15 is 0 Å². The molecule has 0 fully saturated rings. The van der Waals surface area contributed by atoms with Gasteiger partial charge in [-0.15, -0.1) is 0 Å². The summed E-state index contributed by atoms with van der Waals surface area (Å²) in [5, 5.41) is 9.99. The molecular formula is C23H22N6O4. The topological polar surface area (TPSA) is 120 Å². The number of aryl methyl sites for hydroxylation is 1. The van der Waals surface area contributed by atoms with Crippen molar-refractivity contribution in [3.05, 3.63) is 77.1 Å². The van der Waals surface area contributed by atoms with Crippen LogP contribution in [0.4, 0.5) is 11.4 Å². The first-order valence-corrected chi connectivity index (χ1v) is 10.1. The molecule has 0 saturated carbocycles. The van der Waals surface area contributed by atoms with Gasteiger partial charge in [-0.1, -0.05) is 12.1 Å². The highest BCUT2D eigenvalue weighted by Gasteiger charge is 2.11. The summed E-state index contributed by atoms with van der Waals surface area (Å²) in [5.41, 5.74) is 2.27. The normalized spacial score (nSPS) is 10.7. The Kier molecular flexibility index (Phi) is 6.16. The van der Waals surface area contributed by atoms with Gasteiger partial charge in [0.1, 0.15) is 18.8 Å². The number of nitrogens with one attached hydrogen (secondary N) is 2. The lowest BCUT2D eigenvalue weighted by Crippen LogP contribution is -2.28. The van der Waals surface area contributed by atoms with Crippen LogP contribution in [0.1, 0.15) is 5.56 Å². The molecule has 2 heterocycles. The lowest BCUT2D eigenvalue weighted by molar-refractivity contribution is -0.117. The number of hydrogen-bond donors (Lipinski definition) is 2. The quantitative estimate of drug-likeness (QED) is 0.449. The molecule has 10 heteroatoms. The van der Waals surface area contributed by atoms with Crippen molar-refractivity contribution in [2.75, 3.05) is 17.7 Å². The van der Waals surface area contributed by atoms with Crippen molar-refractivity contribution in [2.45, 2.75) is 20.0 Å². The van der Waals surface area contributed by atoms with Crippen LogP contribution in [0.3, 0.4) is 0 Å². The van der Waals surface area contributed by atoms with Gasteiger partial charge in [-0.25, -0.2) is 4.98 Å². The summed E-state index contributed by atoms with van der Waals surface area (Å²) >= 11 is 0. The molecule has 33 heavy (non-hydrogen) atoms. The third-order valence-corrected chi connectivity index (χ3v) is 4.97. The van der Waals surface area contributed by atoms with E-state index in [0.717, 1.165) is 5.56 Å². The maximum atomic E-state index is 12.7. The minimum atomic E-state index is -0.409. The van der Waals surface area contributed by atoms with Crippen molar-refractivity contribution >= 4 is 34.1 Å². The molecule has 4 aromatic rings. The molecule has 0 saturated heterocycles. The Morgan fingerprint density at radius 2 is 1.73 bits per heavy atom. The van der Waals surface area contributed by atoms with Crippen LogP contribution in [0, 0.1) is 6.92 Å². The van der Waals surface area contributed by atoms with E-state index in [-0.39, 0.29) is 24.6 Å². The summed E-state index contributed by atoms with van der Waals surface area (Å²) in [6.07, 6.45) is 4.34. The zero-order valence-electron chi connectivity index (χ0n) is 18.1. The fraction of sp³-hybridized carbons (Fsp3) is 0.174. The van der Waals surface area contributed by atoms with Crippen LogP contribution >= 0.6 is 0 Å². The van der Waals surface area contributed by atoms with Gasteiger partial charge in [0.15, 0.2) is 0 Å². The van der Waals surface area contributed by atoms with E-state index in [1.54, 1.807) is 43.5 Å². The Morgan fingerprint density at radius 3 is 2.48 bits per heavy atom. The monoisotopic (exact) mass is 446 g/mol. The van der Waals surface area contributed by atoms with Crippen LogP contribution in [-0.2, 0) is 22.7 Å². The Morgan fingerprint density at radius 1 is 1.00 bits per heavy atom. The number of ether oxygens (including phenoxy) is 1. The highest BCUT2D eigenvalue weighted by Crippen LogP contribution is 2.15. The Hall–Kier alpha value is -4.47. The number of fused-ring (bicyclic) bond motifs is 1. The molecular weight excluding hydrogens is 424 g/mol. The van der Waals surface area contributed by atoms with Crippen LogP contribution < -0.4 is 20.9 Å². The van der Waals surface area contributed by atoms with Gasteiger partial charge in [-0.3, -0.25) is 23.6 Å². The van der Waals surface area contributed by atoms with Gasteiger partial charge in [0.05, 0.1) is 36.2 Å². The molecule has 0 aliphatic heterocycles. The molecule has 0 aliphatic carbocycles. The molecule has 0 atom stereocenters. The minimum absolute atomic E-state index is 0.0324. The van der Waals surface area contributed by atoms with Crippen molar-refractivity contribution < 1.29 is 14.3 Å². The van der Waals surface area contributed by atoms with Crippen molar-refractivity contribution in [2.24, 2.45) is 0 Å². The van der Waals surface area contributed by atoms with E-state index in [2.05, 4.69) is 20.7 Å². The standard InChI is InChI=1S/C23H22N6O4/c1-15-4-3-5-19-22(15)24-14-28(23(19)32)12-20(30)27-17-10-25-29(11-17)13-21(31)26-16-6-8-18(33-2)9-7-16/h3-11,14H,12-13H2,1-2H3,(H,26,31)(H,27,30). The molecule has 168 valence electrons. The molecule has 0 bridgehead atoms. The summed E-state index contributed by atoms with van der Waals surface area (Å²) in [6.45, 7) is 1.65. The number of rotatable bonds is 7. The molecule has 2 N–H and O–H groups in total. The fourth-order valence-electron chi connectivity index (χ4n) is 3.34. The van der Waals surface area contributed by atoms with E-state index < -0.39 is 5.91 Å². The first-order chi connectivity index (χ1) is 15.9. The number of aromatic nitrogens is 4. The second-order valence-electron chi connectivity index (χ2n) is 7.40. The maximum Gasteiger partial charge on any atom is 0.261 e. The minimum Gasteiger partial charge on any atom is -0.497 e. The highest BCUT2D eigenvalue weighted by atomic mass is 16.5. The Bertz CT molecular complexity index is 1370. The van der Waals surface area contributed by atoms with E-state index in [1.807, 2.05) is 13.0 Å². The number of para-hydroxylation sites is 1. The van der Waals surface area contributed by atoms with Gasteiger partial charge in [0, 0.05) is 11.9 Å². The molecule has 0 radical (unpaired) electrons. The smallest absolute Gasteiger partial charge is 0.261 e. The van der Waals surface area contributed by atoms with Crippen LogP contribution in [-0.4, -0.2) is 38.3 Å². The predicted molar refractivity (Wildman–Crippen MR) is 123 cm³/mol. The van der Waals surface area contributed by atoms with Crippen molar-refractivity contribution in [3.8, 4) is 5.75 Å². The van der Waals surface area contributed by atoms with Crippen LogP contribution in [0.25, 0.3) is 10.9 Å². The zero-order valence-corrected chi connectivity index (χ0v) is 18.1. The molecule has 2 aromatic heterocycles. The highest BCUT2D eigenvalue weighted by molar-refractivity contribution is 5.91. The molecule has 2 amide bonds. The van der Waals surface area contributed by atoms with Crippen LogP contribution in [0.5, 0.6) is 5.75 Å². The number of carbonyl (C=O) groups excluding carboxylic acids is 2. The summed E-state index contributed by atoms with van der Waals surface area (Å²) in [5.74, 6) is 0.00988. The number of methoxy groups -OCH3 is 1. The SMILES string of the molecule is COc1ccc(NC(=O)Cn2cc(NC(=O)Cn3cnc4c(C)cccc4c3=O)cn2)cc1. The van der Waals surface area contributed by atoms with Crippen LogP contribution in [0.15, 0.2) is 66.0 Å². The third-order valence-electron chi connectivity index (χ3n) is 4.97. The first-order valence-electron chi connectivity index (χ1n) is 10.1. The fourth-order valence-corrected chi connectivity index (χ4v) is 3.34. The molecule has 2 aromatic carbocycles. The second-order valence-corrected chi connectivity index (χ2v) is 7.40. The summed E-state index contributed by atoms with van der Waals surface area (Å²) in [7, 11) is 1.57. The summed E-state index contributed by atoms with van der Waals surface area (Å²) in [4.78, 5) is 41.6. The Balaban J connectivity index is 1.35. The molecule has 0 unspecified atom stereocenters. The molecule has 0 spiro atoms. The summed E-state index contributed by atoms with van der Waals surface area (Å²) in [6, 6.07) is 12.3. The average Bonchev–Trinajstić information content (AvgIpc) is 3.23. The average molecular weight is 446 g/mol. The number of benzene rings is 2. The second kappa shape index (κ2) is 9.35. The van der Waals surface area contributed by atoms with Crippen molar-refractivity contribution in [3.63, 3.8) is 0 Å². The van der Waals surface area contributed by atoms with E-state index in [1.165, 1.54) is 28.0 Å². The molecule has 4 rings (SSSR count). The lowest BCUT2D eigenvalue weighted by Gasteiger charge is -2.08. The maximum absolute atomic E-state index is 12.7. The third kappa shape index (κ3) is 5.06. The van der Waals surface area contributed by atoms with E-state index in [0.29, 0.717) is 28.0 Å².